The third-order valence-electron chi connectivity index (χ3n) is 3.09. The second kappa shape index (κ2) is 7.67. The van der Waals surface area contributed by atoms with Crippen molar-refractivity contribution in [1.82, 2.24) is 0 Å². The first kappa shape index (κ1) is 20.9. The maximum Gasteiger partial charge on any atom is 0.573 e. The lowest BCUT2D eigenvalue weighted by Crippen LogP contribution is -2.17. The average Bonchev–Trinajstić information content (AvgIpc) is 2.48. The Bertz CT molecular complexity index is 788. The highest BCUT2D eigenvalue weighted by Crippen LogP contribution is 2.25. The maximum absolute atomic E-state index is 12.2. The second-order valence-corrected chi connectivity index (χ2v) is 7.48. The minimum absolute atomic E-state index is 0.238. The molecule has 0 aliphatic heterocycles. The van der Waals surface area contributed by atoms with Gasteiger partial charge >= 0.3 is 12.7 Å². The smallest absolute Gasteiger partial charge is 0.406 e. The molecule has 0 fully saturated rings. The van der Waals surface area contributed by atoms with Gasteiger partial charge in [-0.1, -0.05) is 24.3 Å². The summed E-state index contributed by atoms with van der Waals surface area (Å²) in [6.45, 7) is 0. The molecule has 4 nitrogen and oxygen atoms in total. The summed E-state index contributed by atoms with van der Waals surface area (Å²) in [5, 5.41) is 0. The van der Waals surface area contributed by atoms with Gasteiger partial charge in [0.2, 0.25) is 0 Å². The fourth-order valence-electron chi connectivity index (χ4n) is 2.13. The van der Waals surface area contributed by atoms with Crippen molar-refractivity contribution in [3.05, 3.63) is 59.7 Å². The Labute approximate surface area is 150 Å². The summed E-state index contributed by atoms with van der Waals surface area (Å²) >= 11 is 0. The van der Waals surface area contributed by atoms with Gasteiger partial charge in [0.25, 0.3) is 0 Å². The minimum Gasteiger partial charge on any atom is -0.406 e. The molecule has 2 aromatic carbocycles. The molecule has 0 amide bonds. The van der Waals surface area contributed by atoms with E-state index in [0.717, 1.165) is 24.3 Å². The first-order chi connectivity index (χ1) is 12.3. The fraction of sp³-hybridized carbons (Fsp3) is 0.250. The number of alkyl halides is 6. The molecule has 0 radical (unpaired) electrons. The molecule has 0 unspecified atom stereocenters. The summed E-state index contributed by atoms with van der Waals surface area (Å²) in [6.07, 6.45) is -9.70. The number of benzene rings is 2. The molecule has 0 aliphatic carbocycles. The predicted octanol–water partition coefficient (Wildman–Crippen LogP) is 4.60. The number of ether oxygens (including phenoxy) is 2. The van der Waals surface area contributed by atoms with E-state index in [0.29, 0.717) is 0 Å². The van der Waals surface area contributed by atoms with Crippen LogP contribution in [-0.4, -0.2) is 21.1 Å². The van der Waals surface area contributed by atoms with Crippen molar-refractivity contribution in [2.24, 2.45) is 0 Å². The van der Waals surface area contributed by atoms with E-state index in [2.05, 4.69) is 9.47 Å². The highest BCUT2D eigenvalue weighted by Gasteiger charge is 2.31. The molecule has 11 heteroatoms. The Morgan fingerprint density at radius 3 is 1.19 bits per heavy atom. The molecular formula is C16H12F6O4S. The van der Waals surface area contributed by atoms with Gasteiger partial charge in [-0.2, -0.15) is 0 Å². The molecular weight excluding hydrogens is 402 g/mol. The number of rotatable bonds is 6. The molecule has 148 valence electrons. The normalized spacial score (nSPS) is 12.7. The van der Waals surface area contributed by atoms with Crippen molar-refractivity contribution in [2.75, 3.05) is 0 Å². The lowest BCUT2D eigenvalue weighted by atomic mass is 10.2. The van der Waals surface area contributed by atoms with Crippen molar-refractivity contribution in [2.45, 2.75) is 24.2 Å². The molecule has 0 aliphatic rings. The summed E-state index contributed by atoms with van der Waals surface area (Å²) < 4.78 is 104. The summed E-state index contributed by atoms with van der Waals surface area (Å²) in [5.41, 5.74) is 0.475. The van der Waals surface area contributed by atoms with Crippen molar-refractivity contribution in [1.29, 1.82) is 0 Å². The van der Waals surface area contributed by atoms with Gasteiger partial charge in [0.05, 0.1) is 11.5 Å². The van der Waals surface area contributed by atoms with Gasteiger partial charge in [0.1, 0.15) is 11.5 Å². The number of halogens is 6. The summed E-state index contributed by atoms with van der Waals surface area (Å²) in [4.78, 5) is 0. The highest BCUT2D eigenvalue weighted by atomic mass is 32.2. The van der Waals surface area contributed by atoms with E-state index in [-0.39, 0.29) is 11.1 Å². The van der Waals surface area contributed by atoms with Crippen LogP contribution in [0.15, 0.2) is 48.5 Å². The Balaban J connectivity index is 2.00. The van der Waals surface area contributed by atoms with Crippen molar-refractivity contribution >= 4 is 9.84 Å². The van der Waals surface area contributed by atoms with Crippen molar-refractivity contribution in [3.8, 4) is 11.5 Å². The van der Waals surface area contributed by atoms with Crippen LogP contribution in [0.5, 0.6) is 11.5 Å². The van der Waals surface area contributed by atoms with Crippen LogP contribution < -0.4 is 9.47 Å². The molecule has 0 spiro atoms. The Kier molecular flexibility index (Phi) is 5.93. The maximum atomic E-state index is 12.2. The third kappa shape index (κ3) is 7.77. The van der Waals surface area contributed by atoms with Gasteiger partial charge in [0, 0.05) is 0 Å². The van der Waals surface area contributed by atoms with Gasteiger partial charge < -0.3 is 9.47 Å². The minimum atomic E-state index is -4.85. The summed E-state index contributed by atoms with van der Waals surface area (Å²) in [6, 6.07) is 8.67. The predicted molar refractivity (Wildman–Crippen MR) is 82.6 cm³/mol. The molecule has 0 aromatic heterocycles. The zero-order valence-electron chi connectivity index (χ0n) is 13.3. The van der Waals surface area contributed by atoms with Gasteiger partial charge in [-0.15, -0.1) is 26.3 Å². The molecule has 0 atom stereocenters. The Morgan fingerprint density at radius 1 is 0.630 bits per heavy atom. The molecule has 0 saturated carbocycles. The first-order valence-electron chi connectivity index (χ1n) is 7.21. The number of hydrogen-bond acceptors (Lipinski definition) is 4. The van der Waals surface area contributed by atoms with Crippen LogP contribution >= 0.6 is 0 Å². The van der Waals surface area contributed by atoms with E-state index in [9.17, 15) is 34.8 Å². The van der Waals surface area contributed by atoms with Crippen LogP contribution in [0.25, 0.3) is 0 Å². The van der Waals surface area contributed by atoms with Crippen LogP contribution in [0, 0.1) is 0 Å². The van der Waals surface area contributed by atoms with E-state index in [1.54, 1.807) is 0 Å². The Hall–Kier alpha value is -2.43. The second-order valence-electron chi connectivity index (χ2n) is 5.42. The number of sulfone groups is 1. The molecule has 0 bridgehead atoms. The van der Waals surface area contributed by atoms with E-state index in [1.165, 1.54) is 24.3 Å². The third-order valence-corrected chi connectivity index (χ3v) is 4.63. The quantitative estimate of drug-likeness (QED) is 0.649. The zero-order valence-corrected chi connectivity index (χ0v) is 14.2. The number of hydrogen-bond donors (Lipinski definition) is 0. The van der Waals surface area contributed by atoms with Crippen LogP contribution in [-0.2, 0) is 21.3 Å². The van der Waals surface area contributed by atoms with Crippen LogP contribution in [0.4, 0.5) is 26.3 Å². The molecule has 27 heavy (non-hydrogen) atoms. The lowest BCUT2D eigenvalue weighted by Gasteiger charge is -2.10. The first-order valence-corrected chi connectivity index (χ1v) is 9.03. The van der Waals surface area contributed by atoms with Gasteiger partial charge in [-0.25, -0.2) is 8.42 Å². The molecule has 2 rings (SSSR count). The van der Waals surface area contributed by atoms with E-state index < -0.39 is 45.6 Å². The van der Waals surface area contributed by atoms with Gasteiger partial charge in [-0.05, 0) is 35.4 Å². The van der Waals surface area contributed by atoms with Gasteiger partial charge in [-0.3, -0.25) is 0 Å². The van der Waals surface area contributed by atoms with Crippen LogP contribution in [0.1, 0.15) is 11.1 Å². The Morgan fingerprint density at radius 2 is 0.926 bits per heavy atom. The van der Waals surface area contributed by atoms with Crippen LogP contribution in [0.2, 0.25) is 0 Å². The fourth-order valence-corrected chi connectivity index (χ4v) is 3.64. The lowest BCUT2D eigenvalue weighted by molar-refractivity contribution is -0.275. The van der Waals surface area contributed by atoms with Crippen molar-refractivity contribution in [3.63, 3.8) is 0 Å². The standard InChI is InChI=1S/C16H12F6O4S/c17-15(18,19)25-13-5-1-11(2-6-13)9-27(23,24)10-12-3-7-14(8-4-12)26-16(20,21)22/h1-8H,9-10H2. The summed E-state index contributed by atoms with van der Waals surface area (Å²) in [5.74, 6) is -1.88. The van der Waals surface area contributed by atoms with Gasteiger partial charge in [0.15, 0.2) is 9.84 Å². The molecule has 0 N–H and O–H groups in total. The monoisotopic (exact) mass is 414 g/mol. The SMILES string of the molecule is O=S(=O)(Cc1ccc(OC(F)(F)F)cc1)Cc1ccc(OC(F)(F)F)cc1. The molecule has 0 heterocycles. The van der Waals surface area contributed by atoms with Crippen molar-refractivity contribution < 1.29 is 44.2 Å². The summed E-state index contributed by atoms with van der Waals surface area (Å²) in [7, 11) is -3.71. The zero-order chi connectivity index (χ0) is 20.3. The molecule has 2 aromatic rings. The van der Waals surface area contributed by atoms with Crippen LogP contribution in [0.3, 0.4) is 0 Å². The van der Waals surface area contributed by atoms with E-state index in [1.807, 2.05) is 0 Å². The van der Waals surface area contributed by atoms with E-state index in [4.69, 9.17) is 0 Å². The largest absolute Gasteiger partial charge is 0.573 e. The topological polar surface area (TPSA) is 52.6 Å². The molecule has 0 saturated heterocycles. The average molecular weight is 414 g/mol. The van der Waals surface area contributed by atoms with E-state index >= 15 is 0 Å². The highest BCUT2D eigenvalue weighted by molar-refractivity contribution is 7.89.